The van der Waals surface area contributed by atoms with Crippen molar-refractivity contribution in [3.05, 3.63) is 0 Å². The molecular weight excluding hydrogens is 182 g/mol. The predicted molar refractivity (Wildman–Crippen MR) is 63.7 cm³/mol. The Morgan fingerprint density at radius 1 is 0.867 bits per heavy atom. The number of fused-ring (bicyclic) bond motifs is 2. The second-order valence-electron chi connectivity index (χ2n) is 7.34. The minimum absolute atomic E-state index is 0.305. The van der Waals surface area contributed by atoms with Gasteiger partial charge in [-0.2, -0.15) is 0 Å². The molecule has 3 aliphatic carbocycles. The molecule has 1 heteroatoms. The summed E-state index contributed by atoms with van der Waals surface area (Å²) in [5.41, 5.74) is 0.305. The lowest BCUT2D eigenvalue weighted by Crippen LogP contribution is -2.50. The zero-order chi connectivity index (χ0) is 10.6. The van der Waals surface area contributed by atoms with Gasteiger partial charge >= 0.3 is 0 Å². The summed E-state index contributed by atoms with van der Waals surface area (Å²) in [6.07, 6.45) is 7.67. The van der Waals surface area contributed by atoms with E-state index in [0.717, 1.165) is 29.7 Å². The van der Waals surface area contributed by atoms with E-state index in [-0.39, 0.29) is 0 Å². The van der Waals surface area contributed by atoms with Crippen molar-refractivity contribution < 1.29 is 0 Å². The summed E-state index contributed by atoms with van der Waals surface area (Å²) in [5.74, 6) is 4.27. The summed E-state index contributed by atoms with van der Waals surface area (Å²) in [7, 11) is 0. The van der Waals surface area contributed by atoms with E-state index in [4.69, 9.17) is 0 Å². The Morgan fingerprint density at radius 2 is 1.53 bits per heavy atom. The van der Waals surface area contributed by atoms with Crippen LogP contribution in [0.2, 0.25) is 0 Å². The highest BCUT2D eigenvalue weighted by atomic mass is 15.0. The van der Waals surface area contributed by atoms with Gasteiger partial charge in [-0.15, -0.1) is 0 Å². The van der Waals surface area contributed by atoms with E-state index in [1.54, 1.807) is 19.3 Å². The van der Waals surface area contributed by atoms with E-state index in [1.807, 2.05) is 0 Å². The van der Waals surface area contributed by atoms with E-state index in [9.17, 15) is 0 Å². The van der Waals surface area contributed by atoms with Crippen molar-refractivity contribution in [1.82, 2.24) is 5.32 Å². The normalized spacial score (nSPS) is 48.6. The highest BCUT2D eigenvalue weighted by Gasteiger charge is 2.49. The lowest BCUT2D eigenvalue weighted by atomic mass is 9.69. The van der Waals surface area contributed by atoms with Crippen molar-refractivity contribution in [3.8, 4) is 0 Å². The molecule has 0 amide bonds. The van der Waals surface area contributed by atoms with Gasteiger partial charge in [0.1, 0.15) is 0 Å². The first-order valence-corrected chi connectivity index (χ1v) is 6.79. The summed E-state index contributed by atoms with van der Waals surface area (Å²) >= 11 is 0. The molecule has 0 aromatic heterocycles. The monoisotopic (exact) mass is 207 g/mol. The van der Waals surface area contributed by atoms with Crippen LogP contribution in [-0.2, 0) is 0 Å². The Balaban J connectivity index is 1.76. The third kappa shape index (κ3) is 1.84. The van der Waals surface area contributed by atoms with Gasteiger partial charge < -0.3 is 5.32 Å². The third-order valence-electron chi connectivity index (χ3n) is 4.87. The molecule has 15 heavy (non-hydrogen) atoms. The minimum atomic E-state index is 0.305. The van der Waals surface area contributed by atoms with Gasteiger partial charge in [0, 0.05) is 11.6 Å². The highest BCUT2D eigenvalue weighted by Crippen LogP contribution is 2.55. The lowest BCUT2D eigenvalue weighted by Gasteiger charge is -2.42. The van der Waals surface area contributed by atoms with Gasteiger partial charge in [-0.05, 0) is 76.5 Å². The smallest absolute Gasteiger partial charge is 0.0106 e. The maximum absolute atomic E-state index is 3.89. The number of rotatable bonds is 1. The molecule has 0 aliphatic heterocycles. The van der Waals surface area contributed by atoms with E-state index in [2.05, 4.69) is 26.1 Å². The Kier molecular flexibility index (Phi) is 2.18. The van der Waals surface area contributed by atoms with E-state index < -0.39 is 0 Å². The summed E-state index contributed by atoms with van der Waals surface area (Å²) in [5, 5.41) is 3.89. The van der Waals surface area contributed by atoms with Crippen LogP contribution in [0.3, 0.4) is 0 Å². The maximum Gasteiger partial charge on any atom is 0.0106 e. The zero-order valence-corrected chi connectivity index (χ0v) is 10.4. The number of nitrogens with one attached hydrogen (secondary N) is 1. The first-order valence-electron chi connectivity index (χ1n) is 6.79. The second-order valence-corrected chi connectivity index (χ2v) is 7.34. The fourth-order valence-corrected chi connectivity index (χ4v) is 4.68. The molecule has 3 bridgehead atoms. The Morgan fingerprint density at radius 3 is 2.20 bits per heavy atom. The van der Waals surface area contributed by atoms with Gasteiger partial charge in [-0.25, -0.2) is 0 Å². The molecule has 86 valence electrons. The van der Waals surface area contributed by atoms with Crippen LogP contribution in [0.1, 0.15) is 52.9 Å². The predicted octanol–water partition coefficient (Wildman–Crippen LogP) is 3.20. The first-order chi connectivity index (χ1) is 7.01. The molecule has 3 rings (SSSR count). The van der Waals surface area contributed by atoms with Gasteiger partial charge in [0.05, 0.1) is 0 Å². The summed E-state index contributed by atoms with van der Waals surface area (Å²) in [6.45, 7) is 6.95. The molecule has 0 saturated heterocycles. The van der Waals surface area contributed by atoms with Crippen LogP contribution in [0.25, 0.3) is 0 Å². The third-order valence-corrected chi connectivity index (χ3v) is 4.87. The van der Waals surface area contributed by atoms with Crippen molar-refractivity contribution in [2.24, 2.45) is 23.7 Å². The molecule has 0 radical (unpaired) electrons. The Hall–Kier alpha value is -0.0400. The van der Waals surface area contributed by atoms with Crippen LogP contribution in [0.15, 0.2) is 0 Å². The molecule has 0 spiro atoms. The second kappa shape index (κ2) is 3.23. The van der Waals surface area contributed by atoms with Crippen molar-refractivity contribution in [2.45, 2.75) is 64.5 Å². The van der Waals surface area contributed by atoms with Crippen LogP contribution >= 0.6 is 0 Å². The molecule has 1 N–H and O–H groups in total. The van der Waals surface area contributed by atoms with Crippen LogP contribution < -0.4 is 5.32 Å². The van der Waals surface area contributed by atoms with Crippen LogP contribution in [0, 0.1) is 23.7 Å². The van der Waals surface area contributed by atoms with Gasteiger partial charge in [-0.1, -0.05) is 0 Å². The van der Waals surface area contributed by atoms with E-state index in [1.165, 1.54) is 12.8 Å². The molecule has 0 heterocycles. The Bertz CT molecular complexity index is 251. The average molecular weight is 207 g/mol. The van der Waals surface area contributed by atoms with Crippen molar-refractivity contribution in [1.29, 1.82) is 0 Å². The van der Waals surface area contributed by atoms with Crippen molar-refractivity contribution >= 4 is 0 Å². The van der Waals surface area contributed by atoms with E-state index >= 15 is 0 Å². The van der Waals surface area contributed by atoms with Gasteiger partial charge in [-0.3, -0.25) is 0 Å². The topological polar surface area (TPSA) is 12.0 Å². The maximum atomic E-state index is 3.89. The van der Waals surface area contributed by atoms with Crippen LogP contribution in [-0.4, -0.2) is 11.6 Å². The van der Waals surface area contributed by atoms with Crippen molar-refractivity contribution in [3.63, 3.8) is 0 Å². The standard InChI is InChI=1S/C14H25N/c1-14(2,3)15-13-8-10-4-9-5-11(6-10)12(13)7-9/h9-13,15H,4-8H2,1-3H3. The van der Waals surface area contributed by atoms with Gasteiger partial charge in [0.2, 0.25) is 0 Å². The molecule has 1 nitrogen and oxygen atoms in total. The molecule has 5 atom stereocenters. The van der Waals surface area contributed by atoms with Crippen LogP contribution in [0.5, 0.6) is 0 Å². The largest absolute Gasteiger partial charge is 0.309 e. The summed E-state index contributed by atoms with van der Waals surface area (Å²) in [6, 6.07) is 0.834. The summed E-state index contributed by atoms with van der Waals surface area (Å²) < 4.78 is 0. The minimum Gasteiger partial charge on any atom is -0.309 e. The average Bonchev–Trinajstić information content (AvgIpc) is 2.30. The fraction of sp³-hybridized carbons (Fsp3) is 1.00. The quantitative estimate of drug-likeness (QED) is 0.696. The molecule has 0 aromatic carbocycles. The number of hydrogen-bond donors (Lipinski definition) is 1. The van der Waals surface area contributed by atoms with Crippen LogP contribution in [0.4, 0.5) is 0 Å². The molecule has 3 saturated carbocycles. The number of hydrogen-bond acceptors (Lipinski definition) is 1. The Labute approximate surface area is 94.0 Å². The lowest BCUT2D eigenvalue weighted by molar-refractivity contribution is 0.121. The first kappa shape index (κ1) is 10.1. The molecule has 3 aliphatic rings. The van der Waals surface area contributed by atoms with Gasteiger partial charge in [0.25, 0.3) is 0 Å². The van der Waals surface area contributed by atoms with Crippen molar-refractivity contribution in [2.75, 3.05) is 0 Å². The fourth-order valence-electron chi connectivity index (χ4n) is 4.68. The van der Waals surface area contributed by atoms with E-state index in [0.29, 0.717) is 5.54 Å². The SMILES string of the molecule is CC(C)(C)NC1CC2CC3CC(C2)C1C3. The molecule has 3 fully saturated rings. The zero-order valence-electron chi connectivity index (χ0n) is 10.4. The highest BCUT2D eigenvalue weighted by molar-refractivity contribution is 5.02. The molecular formula is C14H25N. The molecule has 5 unspecified atom stereocenters. The van der Waals surface area contributed by atoms with Gasteiger partial charge in [0.15, 0.2) is 0 Å². The summed E-state index contributed by atoms with van der Waals surface area (Å²) in [4.78, 5) is 0. The molecule has 0 aromatic rings.